The molecule has 4 rings (SSSR count). The van der Waals surface area contributed by atoms with Gasteiger partial charge in [0.15, 0.2) is 5.13 Å². The zero-order valence-corrected chi connectivity index (χ0v) is 21.0. The predicted octanol–water partition coefficient (Wildman–Crippen LogP) is 4.81. The third-order valence-corrected chi connectivity index (χ3v) is 7.55. The topological polar surface area (TPSA) is 91.4 Å². The number of hydrogen-bond acceptors (Lipinski definition) is 5. The highest BCUT2D eigenvalue weighted by Gasteiger charge is 2.56. The Morgan fingerprint density at radius 1 is 1.18 bits per heavy atom. The molecule has 2 heterocycles. The Balaban J connectivity index is 1.45. The molecule has 1 aromatic carbocycles. The Morgan fingerprint density at radius 3 is 2.58 bits per heavy atom. The van der Waals surface area contributed by atoms with Crippen molar-refractivity contribution >= 4 is 34.3 Å². The van der Waals surface area contributed by atoms with E-state index in [1.807, 2.05) is 12.3 Å². The molecule has 8 heteroatoms. The van der Waals surface area contributed by atoms with Gasteiger partial charge in [-0.25, -0.2) is 9.78 Å². The zero-order valence-electron chi connectivity index (χ0n) is 20.2. The van der Waals surface area contributed by atoms with Crippen molar-refractivity contribution in [1.29, 1.82) is 0 Å². The van der Waals surface area contributed by atoms with Crippen molar-refractivity contribution in [2.75, 3.05) is 11.9 Å². The molecular formula is C25H32N4O3S. The largest absolute Gasteiger partial charge is 0.325 e. The Kier molecular flexibility index (Phi) is 5.85. The van der Waals surface area contributed by atoms with Crippen LogP contribution in [0.2, 0.25) is 0 Å². The van der Waals surface area contributed by atoms with E-state index in [-0.39, 0.29) is 17.9 Å². The molecule has 2 aromatic rings. The first-order valence-electron chi connectivity index (χ1n) is 11.4. The average molecular weight is 469 g/mol. The number of nitrogens with one attached hydrogen (secondary N) is 2. The summed E-state index contributed by atoms with van der Waals surface area (Å²) in [6.45, 7) is 12.2. The number of amides is 4. The molecule has 4 amide bonds. The summed E-state index contributed by atoms with van der Waals surface area (Å²) in [6, 6.07) is 3.74. The van der Waals surface area contributed by atoms with Gasteiger partial charge in [-0.2, -0.15) is 0 Å². The van der Waals surface area contributed by atoms with Gasteiger partial charge < -0.3 is 10.6 Å². The number of benzene rings is 1. The minimum Gasteiger partial charge on any atom is -0.323 e. The van der Waals surface area contributed by atoms with E-state index < -0.39 is 17.5 Å². The summed E-state index contributed by atoms with van der Waals surface area (Å²) < 4.78 is 0. The first kappa shape index (κ1) is 23.4. The minimum absolute atomic E-state index is 0.0529. The summed E-state index contributed by atoms with van der Waals surface area (Å²) in [6.07, 6.45) is 2.19. The van der Waals surface area contributed by atoms with Crippen LogP contribution in [0.5, 0.6) is 0 Å². The molecule has 1 saturated heterocycles. The van der Waals surface area contributed by atoms with Crippen molar-refractivity contribution in [3.8, 4) is 11.3 Å². The van der Waals surface area contributed by atoms with E-state index in [1.165, 1.54) is 22.5 Å². The highest BCUT2D eigenvalue weighted by atomic mass is 32.1. The average Bonchev–Trinajstić information content (AvgIpc) is 3.21. The van der Waals surface area contributed by atoms with Crippen LogP contribution in [-0.2, 0) is 9.59 Å². The maximum Gasteiger partial charge on any atom is 0.325 e. The molecule has 33 heavy (non-hydrogen) atoms. The number of imide groups is 1. The summed E-state index contributed by atoms with van der Waals surface area (Å²) in [5, 5.41) is 8.02. The number of aromatic nitrogens is 1. The van der Waals surface area contributed by atoms with Crippen LogP contribution in [-0.4, -0.2) is 39.8 Å². The van der Waals surface area contributed by atoms with Crippen molar-refractivity contribution in [2.24, 2.45) is 11.3 Å². The number of rotatable bonds is 4. The van der Waals surface area contributed by atoms with Crippen molar-refractivity contribution < 1.29 is 14.4 Å². The number of hydrogen-bond donors (Lipinski definition) is 2. The molecule has 1 saturated carbocycles. The van der Waals surface area contributed by atoms with Gasteiger partial charge >= 0.3 is 6.03 Å². The molecule has 2 fully saturated rings. The van der Waals surface area contributed by atoms with Crippen LogP contribution in [0.25, 0.3) is 11.3 Å². The van der Waals surface area contributed by atoms with Gasteiger partial charge in [-0.3, -0.25) is 14.5 Å². The van der Waals surface area contributed by atoms with Gasteiger partial charge in [0.1, 0.15) is 12.1 Å². The fraction of sp³-hybridized carbons (Fsp3) is 0.520. The molecule has 1 aromatic heterocycles. The molecule has 2 unspecified atom stereocenters. The second-order valence-electron chi connectivity index (χ2n) is 10.6. The van der Waals surface area contributed by atoms with Crippen LogP contribution in [0.4, 0.5) is 9.93 Å². The molecule has 1 aliphatic carbocycles. The van der Waals surface area contributed by atoms with Gasteiger partial charge in [0.2, 0.25) is 5.91 Å². The normalized spacial score (nSPS) is 24.3. The fourth-order valence-corrected chi connectivity index (χ4v) is 6.37. The van der Waals surface area contributed by atoms with Crippen molar-refractivity contribution in [3.63, 3.8) is 0 Å². The van der Waals surface area contributed by atoms with Crippen LogP contribution in [0, 0.1) is 32.1 Å². The molecule has 2 aliphatic rings. The Labute approximate surface area is 199 Å². The van der Waals surface area contributed by atoms with Crippen LogP contribution in [0.3, 0.4) is 0 Å². The van der Waals surface area contributed by atoms with E-state index in [1.54, 1.807) is 0 Å². The highest BCUT2D eigenvalue weighted by molar-refractivity contribution is 7.14. The summed E-state index contributed by atoms with van der Waals surface area (Å²) >= 11 is 1.33. The van der Waals surface area contributed by atoms with Crippen LogP contribution >= 0.6 is 11.3 Å². The standard InChI is InChI=1S/C25H32N4O3S/c1-14-9-24(5,6)13-25(10-14)21(31)29(23(32)28-25)11-20(30)27-22-26-19(12-33-22)18-8-16(3)15(2)7-17(18)4/h7-8,12,14H,9-11,13H2,1-6H3,(H,28,32)(H,26,27,30). The van der Waals surface area contributed by atoms with E-state index in [4.69, 9.17) is 0 Å². The molecule has 1 spiro atoms. The van der Waals surface area contributed by atoms with Crippen LogP contribution < -0.4 is 10.6 Å². The van der Waals surface area contributed by atoms with Crippen molar-refractivity contribution in [2.45, 2.75) is 66.3 Å². The van der Waals surface area contributed by atoms with Crippen LogP contribution in [0.1, 0.15) is 56.7 Å². The molecule has 0 radical (unpaired) electrons. The molecule has 7 nitrogen and oxygen atoms in total. The SMILES string of the molecule is Cc1cc(C)c(-c2csc(NC(=O)CN3C(=O)NC4(CC(C)CC(C)(C)C4)C3=O)n2)cc1C. The number of thiazole rings is 1. The number of anilines is 1. The minimum atomic E-state index is -0.909. The number of carbonyl (C=O) groups excluding carboxylic acids is 3. The number of carbonyl (C=O) groups is 3. The third kappa shape index (κ3) is 4.53. The summed E-state index contributed by atoms with van der Waals surface area (Å²) in [5.41, 5.74) is 4.39. The molecule has 2 N–H and O–H groups in total. The van der Waals surface area contributed by atoms with Gasteiger partial charge in [-0.15, -0.1) is 11.3 Å². The second-order valence-corrected chi connectivity index (χ2v) is 11.5. The van der Waals surface area contributed by atoms with E-state index in [9.17, 15) is 14.4 Å². The van der Waals surface area contributed by atoms with E-state index in [0.29, 0.717) is 23.9 Å². The number of nitrogens with zero attached hydrogens (tertiary/aromatic N) is 2. The van der Waals surface area contributed by atoms with Gasteiger partial charge in [0.25, 0.3) is 5.91 Å². The van der Waals surface area contributed by atoms with Gasteiger partial charge in [-0.1, -0.05) is 26.8 Å². The lowest BCUT2D eigenvalue weighted by molar-refractivity contribution is -0.136. The Morgan fingerprint density at radius 2 is 1.88 bits per heavy atom. The maximum atomic E-state index is 13.2. The maximum absolute atomic E-state index is 13.2. The smallest absolute Gasteiger partial charge is 0.323 e. The molecule has 2 atom stereocenters. The van der Waals surface area contributed by atoms with Gasteiger partial charge in [-0.05, 0) is 74.1 Å². The molecule has 176 valence electrons. The van der Waals surface area contributed by atoms with E-state index >= 15 is 0 Å². The van der Waals surface area contributed by atoms with E-state index in [2.05, 4.69) is 62.4 Å². The molecule has 0 bridgehead atoms. The van der Waals surface area contributed by atoms with Crippen molar-refractivity contribution in [3.05, 3.63) is 34.2 Å². The first-order chi connectivity index (χ1) is 15.4. The first-order valence-corrected chi connectivity index (χ1v) is 12.2. The predicted molar refractivity (Wildman–Crippen MR) is 130 cm³/mol. The fourth-order valence-electron chi connectivity index (χ4n) is 5.64. The summed E-state index contributed by atoms with van der Waals surface area (Å²) in [5.74, 6) is -0.418. The van der Waals surface area contributed by atoms with Crippen LogP contribution in [0.15, 0.2) is 17.5 Å². The monoisotopic (exact) mass is 468 g/mol. The second kappa shape index (κ2) is 8.24. The summed E-state index contributed by atoms with van der Waals surface area (Å²) in [4.78, 5) is 44.2. The quantitative estimate of drug-likeness (QED) is 0.630. The lowest BCUT2D eigenvalue weighted by Crippen LogP contribution is -2.54. The highest BCUT2D eigenvalue weighted by Crippen LogP contribution is 2.46. The Hall–Kier alpha value is -2.74. The molecule has 1 aliphatic heterocycles. The third-order valence-electron chi connectivity index (χ3n) is 6.79. The van der Waals surface area contributed by atoms with Gasteiger partial charge in [0, 0.05) is 10.9 Å². The zero-order chi connectivity index (χ0) is 24.1. The summed E-state index contributed by atoms with van der Waals surface area (Å²) in [7, 11) is 0. The van der Waals surface area contributed by atoms with Gasteiger partial charge in [0.05, 0.1) is 5.69 Å². The number of aryl methyl sites for hydroxylation is 3. The van der Waals surface area contributed by atoms with Crippen molar-refractivity contribution in [1.82, 2.24) is 15.2 Å². The Bertz CT molecular complexity index is 1140. The number of urea groups is 1. The lowest BCUT2D eigenvalue weighted by Gasteiger charge is -2.43. The lowest BCUT2D eigenvalue weighted by atomic mass is 9.64. The molecular weight excluding hydrogens is 436 g/mol. The van der Waals surface area contributed by atoms with E-state index in [0.717, 1.165) is 28.1 Å².